The summed E-state index contributed by atoms with van der Waals surface area (Å²) in [7, 11) is 1.64. The van der Waals surface area contributed by atoms with Gasteiger partial charge < -0.3 is 14.8 Å². The van der Waals surface area contributed by atoms with Gasteiger partial charge in [-0.2, -0.15) is 4.80 Å². The first-order valence-corrected chi connectivity index (χ1v) is 9.05. The highest BCUT2D eigenvalue weighted by molar-refractivity contribution is 5.44. The smallest absolute Gasteiger partial charge is 0.263 e. The SMILES string of the molecule is CCCn1nnc(NCc2ccc(OCc3ccccc3C)c(OC)c2)n1. The number of aromatic nitrogens is 4. The fourth-order valence-electron chi connectivity index (χ4n) is 2.66. The van der Waals surface area contributed by atoms with Crippen molar-refractivity contribution in [2.24, 2.45) is 0 Å². The third kappa shape index (κ3) is 4.97. The van der Waals surface area contributed by atoms with Crippen molar-refractivity contribution in [2.75, 3.05) is 12.4 Å². The minimum atomic E-state index is 0.505. The molecule has 0 bridgehead atoms. The van der Waals surface area contributed by atoms with E-state index in [0.717, 1.165) is 29.8 Å². The minimum Gasteiger partial charge on any atom is -0.493 e. The zero-order valence-electron chi connectivity index (χ0n) is 16.0. The van der Waals surface area contributed by atoms with Crippen LogP contribution < -0.4 is 14.8 Å². The van der Waals surface area contributed by atoms with E-state index in [2.05, 4.69) is 46.7 Å². The van der Waals surface area contributed by atoms with E-state index in [0.29, 0.717) is 24.8 Å². The van der Waals surface area contributed by atoms with Gasteiger partial charge in [0.2, 0.25) is 0 Å². The molecule has 0 aliphatic heterocycles. The average molecular weight is 367 g/mol. The predicted molar refractivity (Wildman–Crippen MR) is 104 cm³/mol. The van der Waals surface area contributed by atoms with E-state index < -0.39 is 0 Å². The predicted octanol–water partition coefficient (Wildman–Crippen LogP) is 3.59. The lowest BCUT2D eigenvalue weighted by Gasteiger charge is -2.13. The van der Waals surface area contributed by atoms with Crippen molar-refractivity contribution in [1.29, 1.82) is 0 Å². The number of tetrazole rings is 1. The molecule has 2 aromatic carbocycles. The second-order valence-corrected chi connectivity index (χ2v) is 6.26. The van der Waals surface area contributed by atoms with E-state index in [9.17, 15) is 0 Å². The minimum absolute atomic E-state index is 0.505. The van der Waals surface area contributed by atoms with Gasteiger partial charge in [-0.1, -0.05) is 42.4 Å². The van der Waals surface area contributed by atoms with Gasteiger partial charge in [0.1, 0.15) is 6.61 Å². The van der Waals surface area contributed by atoms with Gasteiger partial charge in [-0.3, -0.25) is 0 Å². The molecule has 1 aromatic heterocycles. The Bertz CT molecular complexity index is 878. The van der Waals surface area contributed by atoms with E-state index in [1.807, 2.05) is 30.3 Å². The molecule has 0 saturated heterocycles. The molecule has 3 aromatic rings. The molecule has 0 spiro atoms. The van der Waals surface area contributed by atoms with E-state index >= 15 is 0 Å². The summed E-state index contributed by atoms with van der Waals surface area (Å²) in [4.78, 5) is 1.59. The van der Waals surface area contributed by atoms with Crippen LogP contribution in [0.3, 0.4) is 0 Å². The number of hydrogen-bond donors (Lipinski definition) is 1. The van der Waals surface area contributed by atoms with Crippen molar-refractivity contribution in [1.82, 2.24) is 20.2 Å². The van der Waals surface area contributed by atoms with E-state index in [1.165, 1.54) is 5.56 Å². The maximum Gasteiger partial charge on any atom is 0.263 e. The molecule has 7 nitrogen and oxygen atoms in total. The van der Waals surface area contributed by atoms with Gasteiger partial charge in [0.15, 0.2) is 11.5 Å². The molecule has 3 rings (SSSR count). The monoisotopic (exact) mass is 367 g/mol. The number of nitrogens with one attached hydrogen (secondary N) is 1. The highest BCUT2D eigenvalue weighted by Gasteiger charge is 2.08. The first-order valence-electron chi connectivity index (χ1n) is 9.05. The summed E-state index contributed by atoms with van der Waals surface area (Å²) in [6, 6.07) is 14.1. The summed E-state index contributed by atoms with van der Waals surface area (Å²) in [5.74, 6) is 1.93. The molecule has 0 aliphatic carbocycles. The van der Waals surface area contributed by atoms with Crippen LogP contribution in [0.25, 0.3) is 0 Å². The Kier molecular flexibility index (Phi) is 6.25. The molecule has 0 amide bonds. The Balaban J connectivity index is 1.62. The number of rotatable bonds is 9. The van der Waals surface area contributed by atoms with Crippen LogP contribution in [-0.4, -0.2) is 27.3 Å². The molecule has 0 unspecified atom stereocenters. The van der Waals surface area contributed by atoms with Crippen LogP contribution in [0.15, 0.2) is 42.5 Å². The Morgan fingerprint density at radius 3 is 2.74 bits per heavy atom. The first kappa shape index (κ1) is 18.7. The Labute approximate surface area is 159 Å². The summed E-state index contributed by atoms with van der Waals surface area (Å²) in [6.45, 7) is 5.99. The largest absolute Gasteiger partial charge is 0.493 e. The van der Waals surface area contributed by atoms with Crippen molar-refractivity contribution in [2.45, 2.75) is 40.0 Å². The molecular weight excluding hydrogens is 342 g/mol. The number of anilines is 1. The zero-order chi connectivity index (χ0) is 19.1. The molecule has 7 heteroatoms. The van der Waals surface area contributed by atoms with Crippen LogP contribution in [0.5, 0.6) is 11.5 Å². The standard InChI is InChI=1S/C20H25N5O2/c1-4-11-25-23-20(22-24-25)21-13-16-9-10-18(19(12-16)26-3)27-14-17-8-6-5-7-15(17)2/h5-10,12H,4,11,13-14H2,1-3H3,(H,21,23). The fraction of sp³-hybridized carbons (Fsp3) is 0.350. The van der Waals surface area contributed by atoms with Gasteiger partial charge in [0.25, 0.3) is 5.95 Å². The van der Waals surface area contributed by atoms with Gasteiger partial charge in [-0.25, -0.2) is 0 Å². The van der Waals surface area contributed by atoms with Crippen molar-refractivity contribution < 1.29 is 9.47 Å². The summed E-state index contributed by atoms with van der Waals surface area (Å²) >= 11 is 0. The van der Waals surface area contributed by atoms with E-state index in [1.54, 1.807) is 11.9 Å². The van der Waals surface area contributed by atoms with Crippen molar-refractivity contribution in [3.05, 3.63) is 59.2 Å². The van der Waals surface area contributed by atoms with E-state index in [4.69, 9.17) is 9.47 Å². The fourth-order valence-corrected chi connectivity index (χ4v) is 2.66. The van der Waals surface area contributed by atoms with Gasteiger partial charge in [0.05, 0.1) is 13.7 Å². The summed E-state index contributed by atoms with van der Waals surface area (Å²) in [5, 5.41) is 15.4. The van der Waals surface area contributed by atoms with Gasteiger partial charge in [-0.15, -0.1) is 5.10 Å². The zero-order valence-corrected chi connectivity index (χ0v) is 16.0. The summed E-state index contributed by atoms with van der Waals surface area (Å²) < 4.78 is 11.5. The molecule has 1 N–H and O–H groups in total. The molecule has 0 saturated carbocycles. The highest BCUT2D eigenvalue weighted by atomic mass is 16.5. The molecule has 0 aliphatic rings. The topological polar surface area (TPSA) is 74.1 Å². The number of methoxy groups -OCH3 is 1. The maximum absolute atomic E-state index is 5.96. The second-order valence-electron chi connectivity index (χ2n) is 6.26. The summed E-state index contributed by atoms with van der Waals surface area (Å²) in [6.07, 6.45) is 0.969. The van der Waals surface area contributed by atoms with Crippen LogP contribution in [0, 0.1) is 6.92 Å². The van der Waals surface area contributed by atoms with Crippen molar-refractivity contribution in [3.63, 3.8) is 0 Å². The van der Waals surface area contributed by atoms with Crippen LogP contribution in [0.1, 0.15) is 30.0 Å². The quantitative estimate of drug-likeness (QED) is 0.623. The number of ether oxygens (including phenoxy) is 2. The Morgan fingerprint density at radius 2 is 1.96 bits per heavy atom. The van der Waals surface area contributed by atoms with Crippen LogP contribution in [0.2, 0.25) is 0 Å². The number of aryl methyl sites for hydroxylation is 2. The Hall–Kier alpha value is -3.09. The van der Waals surface area contributed by atoms with Crippen LogP contribution >= 0.6 is 0 Å². The lowest BCUT2D eigenvalue weighted by molar-refractivity contribution is 0.283. The number of nitrogens with zero attached hydrogens (tertiary/aromatic N) is 4. The van der Waals surface area contributed by atoms with Gasteiger partial charge in [0, 0.05) is 6.54 Å². The molecule has 142 valence electrons. The highest BCUT2D eigenvalue weighted by Crippen LogP contribution is 2.29. The lowest BCUT2D eigenvalue weighted by atomic mass is 10.1. The van der Waals surface area contributed by atoms with Gasteiger partial charge in [-0.05, 0) is 47.4 Å². The molecule has 0 radical (unpaired) electrons. The third-order valence-electron chi connectivity index (χ3n) is 4.20. The second kappa shape index (κ2) is 9.02. The van der Waals surface area contributed by atoms with Crippen molar-refractivity contribution >= 4 is 5.95 Å². The molecule has 27 heavy (non-hydrogen) atoms. The van der Waals surface area contributed by atoms with Crippen LogP contribution in [0.4, 0.5) is 5.95 Å². The molecule has 0 fully saturated rings. The Morgan fingerprint density at radius 1 is 1.11 bits per heavy atom. The number of hydrogen-bond acceptors (Lipinski definition) is 6. The maximum atomic E-state index is 5.96. The van der Waals surface area contributed by atoms with Crippen molar-refractivity contribution in [3.8, 4) is 11.5 Å². The normalized spacial score (nSPS) is 10.6. The third-order valence-corrected chi connectivity index (χ3v) is 4.20. The van der Waals surface area contributed by atoms with E-state index in [-0.39, 0.29) is 0 Å². The molecule has 0 atom stereocenters. The first-order chi connectivity index (χ1) is 13.2. The molecular formula is C20H25N5O2. The summed E-state index contributed by atoms with van der Waals surface area (Å²) in [5.41, 5.74) is 3.41. The lowest BCUT2D eigenvalue weighted by Crippen LogP contribution is -2.04. The average Bonchev–Trinajstić information content (AvgIpc) is 3.14. The van der Waals surface area contributed by atoms with Gasteiger partial charge >= 0.3 is 0 Å². The number of benzene rings is 2. The molecule has 1 heterocycles. The van der Waals surface area contributed by atoms with Crippen LogP contribution in [-0.2, 0) is 19.7 Å².